The smallest absolute Gasteiger partial charge is 0.162 e. The summed E-state index contributed by atoms with van der Waals surface area (Å²) >= 11 is 0. The van der Waals surface area contributed by atoms with Crippen LogP contribution in [0.4, 0.5) is 0 Å². The van der Waals surface area contributed by atoms with Crippen LogP contribution in [-0.4, -0.2) is 17.6 Å². The minimum Gasteiger partial charge on any atom is -0.490 e. The number of rotatable bonds is 6. The third-order valence-electron chi connectivity index (χ3n) is 2.89. The van der Waals surface area contributed by atoms with E-state index in [9.17, 15) is 0 Å². The number of aromatic nitrogens is 1. The van der Waals surface area contributed by atoms with Crippen molar-refractivity contribution < 1.29 is 9.47 Å². The Bertz CT molecular complexity index is 529. The number of pyridine rings is 1. The standard InChI is InChI=1S/C16H20N2O2/c1-3-19-14-8-4-5-9-15(14)20-16(12(2)17)13-7-6-10-18-11-13/h4-12,16H,3,17H2,1-2H3. The Morgan fingerprint density at radius 2 is 1.90 bits per heavy atom. The highest BCUT2D eigenvalue weighted by molar-refractivity contribution is 5.40. The third-order valence-corrected chi connectivity index (χ3v) is 2.89. The second-order valence-electron chi connectivity index (χ2n) is 4.56. The number of benzene rings is 1. The van der Waals surface area contributed by atoms with Crippen molar-refractivity contribution in [1.29, 1.82) is 0 Å². The van der Waals surface area contributed by atoms with E-state index in [1.807, 2.05) is 50.2 Å². The van der Waals surface area contributed by atoms with Crippen molar-refractivity contribution in [2.24, 2.45) is 5.73 Å². The Labute approximate surface area is 119 Å². The van der Waals surface area contributed by atoms with Crippen LogP contribution in [-0.2, 0) is 0 Å². The van der Waals surface area contributed by atoms with Crippen molar-refractivity contribution in [2.75, 3.05) is 6.61 Å². The van der Waals surface area contributed by atoms with Gasteiger partial charge < -0.3 is 15.2 Å². The lowest BCUT2D eigenvalue weighted by molar-refractivity contribution is 0.170. The summed E-state index contributed by atoms with van der Waals surface area (Å²) in [5.41, 5.74) is 7.00. The van der Waals surface area contributed by atoms with Gasteiger partial charge in [-0.25, -0.2) is 0 Å². The molecule has 0 fully saturated rings. The molecule has 0 aliphatic rings. The minimum absolute atomic E-state index is 0.158. The molecule has 2 atom stereocenters. The molecule has 0 spiro atoms. The first-order chi connectivity index (χ1) is 9.72. The van der Waals surface area contributed by atoms with Crippen LogP contribution in [0.15, 0.2) is 48.8 Å². The van der Waals surface area contributed by atoms with Gasteiger partial charge in [-0.2, -0.15) is 0 Å². The van der Waals surface area contributed by atoms with Gasteiger partial charge in [0.05, 0.1) is 6.61 Å². The van der Waals surface area contributed by atoms with Crippen LogP contribution in [0.3, 0.4) is 0 Å². The van der Waals surface area contributed by atoms with E-state index in [1.165, 1.54) is 0 Å². The maximum absolute atomic E-state index is 6.06. The number of hydrogen-bond acceptors (Lipinski definition) is 4. The van der Waals surface area contributed by atoms with Crippen molar-refractivity contribution in [1.82, 2.24) is 4.98 Å². The monoisotopic (exact) mass is 272 g/mol. The minimum atomic E-state index is -0.259. The highest BCUT2D eigenvalue weighted by Crippen LogP contribution is 2.31. The molecule has 2 rings (SSSR count). The fourth-order valence-electron chi connectivity index (χ4n) is 1.98. The van der Waals surface area contributed by atoms with Gasteiger partial charge in [0.2, 0.25) is 0 Å². The summed E-state index contributed by atoms with van der Waals surface area (Å²) in [5.74, 6) is 1.42. The Balaban J connectivity index is 2.25. The predicted octanol–water partition coefficient (Wildman–Crippen LogP) is 2.95. The number of hydrogen-bond donors (Lipinski definition) is 1. The van der Waals surface area contributed by atoms with Crippen LogP contribution in [0.5, 0.6) is 11.5 Å². The molecular weight excluding hydrogens is 252 g/mol. The first kappa shape index (κ1) is 14.3. The average Bonchev–Trinajstić information content (AvgIpc) is 2.47. The topological polar surface area (TPSA) is 57.4 Å². The molecule has 0 amide bonds. The molecule has 2 N–H and O–H groups in total. The zero-order chi connectivity index (χ0) is 14.4. The lowest BCUT2D eigenvalue weighted by atomic mass is 10.1. The Kier molecular flexibility index (Phi) is 4.96. The summed E-state index contributed by atoms with van der Waals surface area (Å²) in [4.78, 5) is 4.12. The molecule has 2 unspecified atom stereocenters. The molecule has 0 aliphatic carbocycles. The van der Waals surface area contributed by atoms with Gasteiger partial charge in [-0.1, -0.05) is 18.2 Å². The van der Waals surface area contributed by atoms with Gasteiger partial charge in [0.25, 0.3) is 0 Å². The molecule has 0 saturated carbocycles. The van der Waals surface area contributed by atoms with Gasteiger partial charge in [-0.15, -0.1) is 0 Å². The van der Waals surface area contributed by atoms with Crippen LogP contribution >= 0.6 is 0 Å². The Morgan fingerprint density at radius 1 is 1.15 bits per heavy atom. The molecule has 0 bridgehead atoms. The van der Waals surface area contributed by atoms with E-state index in [1.54, 1.807) is 12.4 Å². The molecule has 4 nitrogen and oxygen atoms in total. The normalized spacial score (nSPS) is 13.6. The van der Waals surface area contributed by atoms with E-state index in [-0.39, 0.29) is 12.1 Å². The highest BCUT2D eigenvalue weighted by Gasteiger charge is 2.20. The van der Waals surface area contributed by atoms with Gasteiger partial charge in [0.15, 0.2) is 11.5 Å². The fraction of sp³-hybridized carbons (Fsp3) is 0.312. The van der Waals surface area contributed by atoms with E-state index in [2.05, 4.69) is 4.98 Å². The van der Waals surface area contributed by atoms with E-state index < -0.39 is 0 Å². The molecular formula is C16H20N2O2. The van der Waals surface area contributed by atoms with Crippen LogP contribution in [0.25, 0.3) is 0 Å². The predicted molar refractivity (Wildman–Crippen MR) is 78.9 cm³/mol. The van der Waals surface area contributed by atoms with Crippen molar-refractivity contribution in [3.8, 4) is 11.5 Å². The summed E-state index contributed by atoms with van der Waals surface area (Å²) in [7, 11) is 0. The molecule has 0 aliphatic heterocycles. The van der Waals surface area contributed by atoms with E-state index in [4.69, 9.17) is 15.2 Å². The van der Waals surface area contributed by atoms with Crippen molar-refractivity contribution in [3.63, 3.8) is 0 Å². The van der Waals surface area contributed by atoms with Crippen LogP contribution < -0.4 is 15.2 Å². The summed E-state index contributed by atoms with van der Waals surface area (Å²) in [6.45, 7) is 4.46. The molecule has 20 heavy (non-hydrogen) atoms. The first-order valence-electron chi connectivity index (χ1n) is 6.76. The first-order valence-corrected chi connectivity index (χ1v) is 6.76. The van der Waals surface area contributed by atoms with E-state index in [0.29, 0.717) is 12.4 Å². The second kappa shape index (κ2) is 6.91. The maximum atomic E-state index is 6.06. The number of nitrogens with two attached hydrogens (primary N) is 1. The number of ether oxygens (including phenoxy) is 2. The number of para-hydroxylation sites is 2. The third kappa shape index (κ3) is 3.48. The maximum Gasteiger partial charge on any atom is 0.162 e. The van der Waals surface area contributed by atoms with Crippen molar-refractivity contribution >= 4 is 0 Å². The summed E-state index contributed by atoms with van der Waals surface area (Å²) in [5, 5.41) is 0. The lowest BCUT2D eigenvalue weighted by Gasteiger charge is -2.23. The van der Waals surface area contributed by atoms with Crippen LogP contribution in [0.2, 0.25) is 0 Å². The fourth-order valence-corrected chi connectivity index (χ4v) is 1.98. The summed E-state index contributed by atoms with van der Waals surface area (Å²) in [6, 6.07) is 11.3. The molecule has 0 saturated heterocycles. The van der Waals surface area contributed by atoms with Crippen LogP contribution in [0, 0.1) is 0 Å². The molecule has 1 aromatic heterocycles. The van der Waals surface area contributed by atoms with Gasteiger partial charge >= 0.3 is 0 Å². The Morgan fingerprint density at radius 3 is 2.50 bits per heavy atom. The van der Waals surface area contributed by atoms with Gasteiger partial charge in [0.1, 0.15) is 6.10 Å². The quantitative estimate of drug-likeness (QED) is 0.878. The highest BCUT2D eigenvalue weighted by atomic mass is 16.5. The second-order valence-corrected chi connectivity index (χ2v) is 4.56. The van der Waals surface area contributed by atoms with Crippen molar-refractivity contribution in [2.45, 2.75) is 26.0 Å². The Hall–Kier alpha value is -2.07. The van der Waals surface area contributed by atoms with E-state index >= 15 is 0 Å². The SMILES string of the molecule is CCOc1ccccc1OC(c1cccnc1)C(C)N. The summed E-state index contributed by atoms with van der Waals surface area (Å²) in [6.07, 6.45) is 3.25. The molecule has 4 heteroatoms. The van der Waals surface area contributed by atoms with E-state index in [0.717, 1.165) is 11.3 Å². The molecule has 2 aromatic rings. The van der Waals surface area contributed by atoms with Gasteiger partial charge in [-0.05, 0) is 32.0 Å². The summed E-state index contributed by atoms with van der Waals surface area (Å²) < 4.78 is 11.6. The molecule has 1 heterocycles. The largest absolute Gasteiger partial charge is 0.490 e. The zero-order valence-electron chi connectivity index (χ0n) is 11.8. The average molecular weight is 272 g/mol. The van der Waals surface area contributed by atoms with Crippen LogP contribution in [0.1, 0.15) is 25.5 Å². The zero-order valence-corrected chi connectivity index (χ0v) is 11.8. The van der Waals surface area contributed by atoms with Crippen molar-refractivity contribution in [3.05, 3.63) is 54.4 Å². The molecule has 106 valence electrons. The van der Waals surface area contributed by atoms with Gasteiger partial charge in [-0.3, -0.25) is 4.98 Å². The number of nitrogens with zero attached hydrogens (tertiary/aromatic N) is 1. The molecule has 1 aromatic carbocycles. The lowest BCUT2D eigenvalue weighted by Crippen LogP contribution is -2.29. The van der Waals surface area contributed by atoms with Gasteiger partial charge in [0, 0.05) is 24.0 Å². The molecule has 0 radical (unpaired) electrons.